The lowest BCUT2D eigenvalue weighted by molar-refractivity contribution is 1.31. The lowest BCUT2D eigenvalue weighted by Gasteiger charge is -2.09. The minimum Gasteiger partial charge on any atom is -0.254 e. The van der Waals surface area contributed by atoms with Crippen molar-refractivity contribution < 1.29 is 0 Å². The second kappa shape index (κ2) is 6.31. The summed E-state index contributed by atoms with van der Waals surface area (Å²) in [5.41, 5.74) is 10.6. The van der Waals surface area contributed by atoms with Gasteiger partial charge in [0.05, 0.1) is 55.5 Å². The van der Waals surface area contributed by atoms with Crippen LogP contribution in [0.15, 0.2) is 85.2 Å². The van der Waals surface area contributed by atoms with E-state index in [1.807, 2.05) is 36.4 Å². The average molecular weight is 458 g/mol. The van der Waals surface area contributed by atoms with Gasteiger partial charge in [0.25, 0.3) is 0 Å². The van der Waals surface area contributed by atoms with Gasteiger partial charge in [-0.25, -0.2) is 19.9 Å². The van der Waals surface area contributed by atoms with Gasteiger partial charge >= 0.3 is 0 Å². The summed E-state index contributed by atoms with van der Waals surface area (Å²) in [6.07, 6.45) is 3.58. The molecule has 4 heterocycles. The first-order valence-corrected chi connectivity index (χ1v) is 11.8. The molecule has 0 unspecified atom stereocenters. The molecule has 6 heteroatoms. The number of rotatable bonds is 0. The molecule has 0 spiro atoms. The van der Waals surface area contributed by atoms with Crippen LogP contribution in [0.25, 0.3) is 88.2 Å². The fraction of sp³-hybridized carbons (Fsp3) is 0. The van der Waals surface area contributed by atoms with E-state index in [0.29, 0.717) is 0 Å². The number of aromatic nitrogens is 6. The molecule has 0 saturated heterocycles. The van der Waals surface area contributed by atoms with Crippen LogP contribution in [0.1, 0.15) is 0 Å². The van der Waals surface area contributed by atoms with Gasteiger partial charge in [-0.3, -0.25) is 9.97 Å². The number of hydrogen-bond acceptors (Lipinski definition) is 6. The monoisotopic (exact) mass is 458 g/mol. The zero-order valence-electron chi connectivity index (χ0n) is 18.8. The molecule has 36 heavy (non-hydrogen) atoms. The van der Waals surface area contributed by atoms with E-state index in [2.05, 4.69) is 46.4 Å². The molecular formula is C30H14N6. The lowest BCUT2D eigenvalue weighted by atomic mass is 10.0. The smallest absolute Gasteiger partial charge is 0.0996 e. The molecule has 0 fully saturated rings. The van der Waals surface area contributed by atoms with Crippen LogP contribution < -0.4 is 0 Å². The van der Waals surface area contributed by atoms with Gasteiger partial charge in [0.1, 0.15) is 0 Å². The normalized spacial score (nSPS) is 12.4. The molecular weight excluding hydrogens is 444 g/mol. The van der Waals surface area contributed by atoms with Crippen LogP contribution in [-0.4, -0.2) is 29.9 Å². The maximum absolute atomic E-state index is 5.09. The number of fused-ring (bicyclic) bond motifs is 11. The third kappa shape index (κ3) is 2.21. The number of benzene rings is 4. The van der Waals surface area contributed by atoms with Crippen molar-refractivity contribution in [1.29, 1.82) is 0 Å². The van der Waals surface area contributed by atoms with E-state index in [4.69, 9.17) is 19.9 Å². The summed E-state index contributed by atoms with van der Waals surface area (Å²) in [6, 6.07) is 24.6. The Morgan fingerprint density at radius 3 is 1.47 bits per heavy atom. The van der Waals surface area contributed by atoms with Crippen LogP contribution in [0.4, 0.5) is 0 Å². The molecule has 9 rings (SSSR count). The topological polar surface area (TPSA) is 77.3 Å². The van der Waals surface area contributed by atoms with Gasteiger partial charge in [-0.15, -0.1) is 0 Å². The summed E-state index contributed by atoms with van der Waals surface area (Å²) < 4.78 is 0. The first kappa shape index (κ1) is 18.3. The SMILES string of the molecule is c1cc2c3c(cccc3c1)-c1nc3cc4nc5c6cccnc6c6ncccc6c5nc4cc3nc1-2. The molecule has 0 atom stereocenters. The Bertz CT molecular complexity index is 2120. The van der Waals surface area contributed by atoms with Crippen LogP contribution in [0.2, 0.25) is 0 Å². The molecule has 6 nitrogen and oxygen atoms in total. The Morgan fingerprint density at radius 2 is 0.944 bits per heavy atom. The molecule has 8 aromatic rings. The highest BCUT2D eigenvalue weighted by Gasteiger charge is 2.24. The highest BCUT2D eigenvalue weighted by molar-refractivity contribution is 6.21. The van der Waals surface area contributed by atoms with E-state index in [0.717, 1.165) is 77.4 Å². The van der Waals surface area contributed by atoms with Crippen molar-refractivity contribution in [2.45, 2.75) is 0 Å². The maximum atomic E-state index is 5.09. The number of pyridine rings is 2. The van der Waals surface area contributed by atoms with Crippen molar-refractivity contribution >= 4 is 65.7 Å². The van der Waals surface area contributed by atoms with Crippen molar-refractivity contribution in [3.63, 3.8) is 0 Å². The van der Waals surface area contributed by atoms with Crippen LogP contribution in [0, 0.1) is 0 Å². The Kier molecular flexibility index (Phi) is 3.20. The van der Waals surface area contributed by atoms with Gasteiger partial charge in [-0.1, -0.05) is 36.4 Å². The molecule has 1 aliphatic carbocycles. The molecule has 1 aliphatic rings. The number of hydrogen-bond donors (Lipinski definition) is 0. The van der Waals surface area contributed by atoms with Gasteiger partial charge in [-0.2, -0.15) is 0 Å². The predicted molar refractivity (Wildman–Crippen MR) is 143 cm³/mol. The standard InChI is InChI=1S/C30H14N6/c1-5-15-6-2-8-17-24(15)16(7-1)27-28(17)34-21-14-23-22(13-20(21)33-27)35-29-18-9-3-11-31-25(18)26-19(30(29)36-23)10-4-12-32-26/h1-14H. The van der Waals surface area contributed by atoms with Gasteiger partial charge in [0.2, 0.25) is 0 Å². The van der Waals surface area contributed by atoms with E-state index in [1.165, 1.54) is 10.8 Å². The molecule has 4 aromatic carbocycles. The minimum atomic E-state index is 0.784. The van der Waals surface area contributed by atoms with Crippen LogP contribution in [0.3, 0.4) is 0 Å². The Balaban J connectivity index is 1.41. The van der Waals surface area contributed by atoms with Gasteiger partial charge in [0.15, 0.2) is 0 Å². The van der Waals surface area contributed by atoms with Crippen molar-refractivity contribution in [1.82, 2.24) is 29.9 Å². The summed E-state index contributed by atoms with van der Waals surface area (Å²) in [5.74, 6) is 0. The minimum absolute atomic E-state index is 0.784. The fourth-order valence-electron chi connectivity index (χ4n) is 5.66. The summed E-state index contributed by atoms with van der Waals surface area (Å²) in [4.78, 5) is 29.6. The molecule has 164 valence electrons. The van der Waals surface area contributed by atoms with Crippen molar-refractivity contribution in [2.75, 3.05) is 0 Å². The highest BCUT2D eigenvalue weighted by atomic mass is 14.9. The molecule has 0 saturated carbocycles. The molecule has 4 aromatic heterocycles. The van der Waals surface area contributed by atoms with Crippen molar-refractivity contribution in [3.8, 4) is 22.5 Å². The molecule has 0 aliphatic heterocycles. The van der Waals surface area contributed by atoms with E-state index in [9.17, 15) is 0 Å². The first-order valence-electron chi connectivity index (χ1n) is 11.8. The summed E-state index contributed by atoms with van der Waals surface area (Å²) in [6.45, 7) is 0. The van der Waals surface area contributed by atoms with E-state index >= 15 is 0 Å². The second-order valence-corrected chi connectivity index (χ2v) is 9.18. The quantitative estimate of drug-likeness (QED) is 0.188. The van der Waals surface area contributed by atoms with Gasteiger partial charge in [0, 0.05) is 39.7 Å². The van der Waals surface area contributed by atoms with Gasteiger partial charge in [-0.05, 0) is 41.8 Å². The van der Waals surface area contributed by atoms with Crippen LogP contribution in [0.5, 0.6) is 0 Å². The summed E-state index contributed by atoms with van der Waals surface area (Å²) in [5, 5.41) is 4.30. The zero-order chi connectivity index (χ0) is 23.4. The summed E-state index contributed by atoms with van der Waals surface area (Å²) >= 11 is 0. The van der Waals surface area contributed by atoms with Crippen molar-refractivity contribution in [3.05, 3.63) is 85.2 Å². The molecule has 0 N–H and O–H groups in total. The van der Waals surface area contributed by atoms with Crippen LogP contribution in [-0.2, 0) is 0 Å². The Hall–Kier alpha value is -5.10. The third-order valence-corrected chi connectivity index (χ3v) is 7.21. The third-order valence-electron chi connectivity index (χ3n) is 7.21. The van der Waals surface area contributed by atoms with Crippen LogP contribution >= 0.6 is 0 Å². The zero-order valence-corrected chi connectivity index (χ0v) is 18.8. The van der Waals surface area contributed by atoms with Crippen molar-refractivity contribution in [2.24, 2.45) is 0 Å². The van der Waals surface area contributed by atoms with E-state index in [1.54, 1.807) is 12.4 Å². The Morgan fingerprint density at radius 1 is 0.444 bits per heavy atom. The molecule has 0 amide bonds. The van der Waals surface area contributed by atoms with Gasteiger partial charge < -0.3 is 0 Å². The molecule has 0 radical (unpaired) electrons. The van der Waals surface area contributed by atoms with E-state index in [-0.39, 0.29) is 0 Å². The number of nitrogens with zero attached hydrogens (tertiary/aromatic N) is 6. The average Bonchev–Trinajstić information content (AvgIpc) is 3.24. The fourth-order valence-corrected chi connectivity index (χ4v) is 5.66. The second-order valence-electron chi connectivity index (χ2n) is 9.18. The highest BCUT2D eigenvalue weighted by Crippen LogP contribution is 2.45. The Labute approximate surface area is 203 Å². The summed E-state index contributed by atoms with van der Waals surface area (Å²) in [7, 11) is 0. The molecule has 0 bridgehead atoms. The lowest BCUT2D eigenvalue weighted by Crippen LogP contribution is -1.95. The first-order chi connectivity index (χ1) is 17.8. The van der Waals surface area contributed by atoms with E-state index < -0.39 is 0 Å². The largest absolute Gasteiger partial charge is 0.254 e. The predicted octanol–water partition coefficient (Wildman–Crippen LogP) is 6.62. The maximum Gasteiger partial charge on any atom is 0.0996 e.